The zero-order chi connectivity index (χ0) is 17.3. The standard InChI is InChI=1S/C22H18N2O2/c1-3-7-15(8-4-1)21(16-9-5-2-6-10-16)22-23-17-13-19-20(14-18(17)24-22)26-12-11-25-19/h1-10,13-14,21H,11-12H2,(H,23,24). The van der Waals surface area contributed by atoms with E-state index < -0.39 is 0 Å². The van der Waals surface area contributed by atoms with Crippen molar-refractivity contribution < 1.29 is 9.47 Å². The highest BCUT2D eigenvalue weighted by Crippen LogP contribution is 2.36. The lowest BCUT2D eigenvalue weighted by atomic mass is 9.91. The quantitative estimate of drug-likeness (QED) is 0.596. The highest BCUT2D eigenvalue weighted by molar-refractivity contribution is 5.80. The molecule has 2 heterocycles. The summed E-state index contributed by atoms with van der Waals surface area (Å²) in [6.45, 7) is 1.16. The number of hydrogen-bond acceptors (Lipinski definition) is 3. The zero-order valence-corrected chi connectivity index (χ0v) is 14.2. The fraction of sp³-hybridized carbons (Fsp3) is 0.136. The van der Waals surface area contributed by atoms with Crippen LogP contribution in [-0.2, 0) is 0 Å². The Bertz CT molecular complexity index is 959. The molecule has 0 aliphatic carbocycles. The van der Waals surface area contributed by atoms with Gasteiger partial charge in [0.15, 0.2) is 11.5 Å². The Balaban J connectivity index is 1.66. The number of ether oxygens (including phenoxy) is 2. The van der Waals surface area contributed by atoms with Crippen molar-refractivity contribution in [2.24, 2.45) is 0 Å². The van der Waals surface area contributed by atoms with Gasteiger partial charge in [-0.05, 0) is 11.1 Å². The SMILES string of the molecule is c1ccc(C(c2ccccc2)c2nc3cc4c(cc3[nH]2)OCCO4)cc1. The van der Waals surface area contributed by atoms with Crippen molar-refractivity contribution in [2.75, 3.05) is 13.2 Å². The minimum Gasteiger partial charge on any atom is -0.486 e. The molecule has 3 aromatic carbocycles. The molecule has 1 N–H and O–H groups in total. The molecule has 4 nitrogen and oxygen atoms in total. The van der Waals surface area contributed by atoms with Gasteiger partial charge in [-0.15, -0.1) is 0 Å². The van der Waals surface area contributed by atoms with Gasteiger partial charge in [-0.25, -0.2) is 4.98 Å². The molecule has 26 heavy (non-hydrogen) atoms. The molecule has 4 aromatic rings. The Morgan fingerprint density at radius 2 is 1.35 bits per heavy atom. The third-order valence-corrected chi connectivity index (χ3v) is 4.70. The molecule has 5 rings (SSSR count). The molecule has 1 aromatic heterocycles. The molecular weight excluding hydrogens is 324 g/mol. The summed E-state index contributed by atoms with van der Waals surface area (Å²) in [5, 5.41) is 0. The van der Waals surface area contributed by atoms with Crippen molar-refractivity contribution in [1.82, 2.24) is 9.97 Å². The third-order valence-electron chi connectivity index (χ3n) is 4.70. The van der Waals surface area contributed by atoms with Gasteiger partial charge < -0.3 is 14.5 Å². The average Bonchev–Trinajstić information content (AvgIpc) is 3.10. The van der Waals surface area contributed by atoms with Gasteiger partial charge in [-0.3, -0.25) is 0 Å². The second-order valence-electron chi connectivity index (χ2n) is 6.39. The van der Waals surface area contributed by atoms with Crippen molar-refractivity contribution in [2.45, 2.75) is 5.92 Å². The predicted octanol–water partition coefficient (Wildman–Crippen LogP) is 4.51. The van der Waals surface area contributed by atoms with Crippen LogP contribution in [0.3, 0.4) is 0 Å². The molecule has 0 fully saturated rings. The summed E-state index contributed by atoms with van der Waals surface area (Å²) in [6, 6.07) is 24.8. The van der Waals surface area contributed by atoms with Crippen molar-refractivity contribution in [1.29, 1.82) is 0 Å². The number of nitrogens with one attached hydrogen (secondary N) is 1. The maximum atomic E-state index is 5.70. The number of benzene rings is 3. The Morgan fingerprint density at radius 3 is 1.96 bits per heavy atom. The largest absolute Gasteiger partial charge is 0.486 e. The Labute approximate surface area is 151 Å². The number of fused-ring (bicyclic) bond motifs is 2. The molecule has 4 heteroatoms. The fourth-order valence-corrected chi connectivity index (χ4v) is 3.50. The fourth-order valence-electron chi connectivity index (χ4n) is 3.50. The van der Waals surface area contributed by atoms with Crippen molar-refractivity contribution in [3.63, 3.8) is 0 Å². The van der Waals surface area contributed by atoms with E-state index in [1.54, 1.807) is 0 Å². The molecule has 1 aliphatic rings. The van der Waals surface area contributed by atoms with E-state index in [2.05, 4.69) is 53.5 Å². The second-order valence-corrected chi connectivity index (χ2v) is 6.39. The molecule has 0 saturated carbocycles. The van der Waals surface area contributed by atoms with Gasteiger partial charge in [0, 0.05) is 12.1 Å². The van der Waals surface area contributed by atoms with E-state index in [4.69, 9.17) is 14.5 Å². The van der Waals surface area contributed by atoms with Crippen LogP contribution in [0.15, 0.2) is 72.8 Å². The van der Waals surface area contributed by atoms with E-state index >= 15 is 0 Å². The lowest BCUT2D eigenvalue weighted by molar-refractivity contribution is 0.172. The summed E-state index contributed by atoms with van der Waals surface area (Å²) in [5.41, 5.74) is 4.26. The van der Waals surface area contributed by atoms with Crippen LogP contribution in [0.25, 0.3) is 11.0 Å². The average molecular weight is 342 g/mol. The first-order valence-corrected chi connectivity index (χ1v) is 8.77. The summed E-state index contributed by atoms with van der Waals surface area (Å²) >= 11 is 0. The van der Waals surface area contributed by atoms with Gasteiger partial charge in [0.05, 0.1) is 17.0 Å². The molecule has 1 aliphatic heterocycles. The van der Waals surface area contributed by atoms with Crippen LogP contribution in [0, 0.1) is 0 Å². The minimum absolute atomic E-state index is 0.0451. The molecule has 0 bridgehead atoms. The van der Waals surface area contributed by atoms with Crippen molar-refractivity contribution in [3.8, 4) is 11.5 Å². The Morgan fingerprint density at radius 1 is 0.769 bits per heavy atom. The van der Waals surface area contributed by atoms with Gasteiger partial charge in [-0.2, -0.15) is 0 Å². The number of rotatable bonds is 3. The van der Waals surface area contributed by atoms with Crippen LogP contribution in [0.1, 0.15) is 22.9 Å². The molecule has 0 radical (unpaired) electrons. The first kappa shape index (κ1) is 15.0. The predicted molar refractivity (Wildman–Crippen MR) is 101 cm³/mol. The summed E-state index contributed by atoms with van der Waals surface area (Å²) in [4.78, 5) is 8.38. The van der Waals surface area contributed by atoms with Crippen molar-refractivity contribution in [3.05, 3.63) is 89.7 Å². The monoisotopic (exact) mass is 342 g/mol. The van der Waals surface area contributed by atoms with E-state index in [-0.39, 0.29) is 5.92 Å². The summed E-state index contributed by atoms with van der Waals surface area (Å²) < 4.78 is 11.4. The van der Waals surface area contributed by atoms with E-state index in [1.165, 1.54) is 11.1 Å². The highest BCUT2D eigenvalue weighted by atomic mass is 16.6. The molecule has 0 amide bonds. The maximum absolute atomic E-state index is 5.70. The number of H-pyrrole nitrogens is 1. The summed E-state index contributed by atoms with van der Waals surface area (Å²) in [7, 11) is 0. The molecule has 0 spiro atoms. The zero-order valence-electron chi connectivity index (χ0n) is 14.2. The van der Waals surface area contributed by atoms with E-state index in [0.717, 1.165) is 28.4 Å². The lowest BCUT2D eigenvalue weighted by Crippen LogP contribution is -2.15. The molecular formula is C22H18N2O2. The van der Waals surface area contributed by atoms with E-state index in [0.29, 0.717) is 13.2 Å². The van der Waals surface area contributed by atoms with Gasteiger partial charge in [0.25, 0.3) is 0 Å². The van der Waals surface area contributed by atoms with E-state index in [1.807, 2.05) is 24.3 Å². The van der Waals surface area contributed by atoms with Crippen LogP contribution in [0.4, 0.5) is 0 Å². The second kappa shape index (κ2) is 6.23. The number of nitrogens with zero attached hydrogens (tertiary/aromatic N) is 1. The van der Waals surface area contributed by atoms with Crippen LogP contribution >= 0.6 is 0 Å². The van der Waals surface area contributed by atoms with Gasteiger partial charge in [0.2, 0.25) is 0 Å². The third kappa shape index (κ3) is 2.60. The maximum Gasteiger partial charge on any atom is 0.163 e. The Kier molecular flexibility index (Phi) is 3.60. The minimum atomic E-state index is 0.0451. The molecule has 0 unspecified atom stereocenters. The number of imidazole rings is 1. The highest BCUT2D eigenvalue weighted by Gasteiger charge is 2.22. The molecule has 128 valence electrons. The van der Waals surface area contributed by atoms with Crippen LogP contribution in [-0.4, -0.2) is 23.2 Å². The van der Waals surface area contributed by atoms with Crippen LogP contribution in [0.5, 0.6) is 11.5 Å². The van der Waals surface area contributed by atoms with Gasteiger partial charge in [-0.1, -0.05) is 60.7 Å². The van der Waals surface area contributed by atoms with Gasteiger partial charge in [0.1, 0.15) is 19.0 Å². The van der Waals surface area contributed by atoms with Gasteiger partial charge >= 0.3 is 0 Å². The molecule has 0 saturated heterocycles. The number of aromatic amines is 1. The first-order valence-electron chi connectivity index (χ1n) is 8.77. The van der Waals surface area contributed by atoms with Crippen LogP contribution < -0.4 is 9.47 Å². The van der Waals surface area contributed by atoms with Crippen LogP contribution in [0.2, 0.25) is 0 Å². The summed E-state index contributed by atoms with van der Waals surface area (Å²) in [5.74, 6) is 2.50. The normalized spacial score (nSPS) is 13.3. The topological polar surface area (TPSA) is 47.1 Å². The number of aromatic nitrogens is 2. The van der Waals surface area contributed by atoms with Crippen molar-refractivity contribution >= 4 is 11.0 Å². The Hall–Kier alpha value is -3.27. The van der Waals surface area contributed by atoms with E-state index in [9.17, 15) is 0 Å². The smallest absolute Gasteiger partial charge is 0.163 e. The molecule has 0 atom stereocenters. The lowest BCUT2D eigenvalue weighted by Gasteiger charge is -2.17. The first-order chi connectivity index (χ1) is 12.9. The number of hydrogen-bond donors (Lipinski definition) is 1. The summed E-state index contributed by atoms with van der Waals surface area (Å²) in [6.07, 6.45) is 0.